The highest BCUT2D eigenvalue weighted by Crippen LogP contribution is 2.20. The van der Waals surface area contributed by atoms with Gasteiger partial charge in [-0.25, -0.2) is 12.8 Å². The molecule has 0 aliphatic heterocycles. The number of rotatable bonds is 3. The van der Waals surface area contributed by atoms with E-state index in [4.69, 9.17) is 0 Å². The standard InChI is InChI=1S/C12H14FNO2S/c1-8(2)17(15,16)7-10-6-9-4-3-5-11(13)12(9)14-10/h3-6,8,14H,7H2,1-2H3. The molecule has 0 unspecified atom stereocenters. The maximum atomic E-state index is 13.4. The van der Waals surface area contributed by atoms with Crippen LogP contribution < -0.4 is 0 Å². The van der Waals surface area contributed by atoms with Crippen LogP contribution in [0.4, 0.5) is 4.39 Å². The van der Waals surface area contributed by atoms with Crippen LogP contribution >= 0.6 is 0 Å². The zero-order valence-corrected chi connectivity index (χ0v) is 10.5. The van der Waals surface area contributed by atoms with Crippen molar-refractivity contribution in [1.82, 2.24) is 4.98 Å². The van der Waals surface area contributed by atoms with E-state index in [9.17, 15) is 12.8 Å². The number of sulfone groups is 1. The number of hydrogen-bond donors (Lipinski definition) is 1. The molecule has 2 rings (SSSR count). The van der Waals surface area contributed by atoms with Crippen LogP contribution in [0.5, 0.6) is 0 Å². The van der Waals surface area contributed by atoms with Gasteiger partial charge in [-0.1, -0.05) is 12.1 Å². The van der Waals surface area contributed by atoms with E-state index in [1.807, 2.05) is 0 Å². The molecule has 0 radical (unpaired) electrons. The fourth-order valence-corrected chi connectivity index (χ4v) is 2.56. The summed E-state index contributed by atoms with van der Waals surface area (Å²) in [6, 6.07) is 6.38. The van der Waals surface area contributed by atoms with Crippen molar-refractivity contribution in [2.75, 3.05) is 0 Å². The predicted octanol–water partition coefficient (Wildman–Crippen LogP) is 2.63. The fourth-order valence-electron chi connectivity index (χ4n) is 1.64. The summed E-state index contributed by atoms with van der Waals surface area (Å²) >= 11 is 0. The summed E-state index contributed by atoms with van der Waals surface area (Å²) in [5.41, 5.74) is 0.889. The van der Waals surface area contributed by atoms with Crippen LogP contribution in [0.1, 0.15) is 19.5 Å². The number of hydrogen-bond acceptors (Lipinski definition) is 2. The molecule has 1 aromatic carbocycles. The molecular formula is C12H14FNO2S. The van der Waals surface area contributed by atoms with Crippen molar-refractivity contribution >= 4 is 20.7 Å². The van der Waals surface area contributed by atoms with Crippen molar-refractivity contribution in [3.63, 3.8) is 0 Å². The first-order valence-electron chi connectivity index (χ1n) is 5.38. The first-order chi connectivity index (χ1) is 7.90. The first kappa shape index (κ1) is 12.1. The van der Waals surface area contributed by atoms with Gasteiger partial charge >= 0.3 is 0 Å². The number of aromatic nitrogens is 1. The Morgan fingerprint density at radius 2 is 2.06 bits per heavy atom. The van der Waals surface area contributed by atoms with E-state index >= 15 is 0 Å². The number of halogens is 1. The second kappa shape index (κ2) is 4.14. The van der Waals surface area contributed by atoms with E-state index in [1.54, 1.807) is 32.0 Å². The number of aromatic amines is 1. The highest BCUT2D eigenvalue weighted by Gasteiger charge is 2.18. The summed E-state index contributed by atoms with van der Waals surface area (Å²) in [7, 11) is -3.17. The van der Waals surface area contributed by atoms with Crippen molar-refractivity contribution in [3.05, 3.63) is 35.8 Å². The summed E-state index contributed by atoms with van der Waals surface area (Å²) in [5.74, 6) is -0.450. The molecule has 92 valence electrons. The van der Waals surface area contributed by atoms with Gasteiger partial charge in [-0.2, -0.15) is 0 Å². The Kier molecular flexibility index (Phi) is 2.95. The molecule has 0 aliphatic carbocycles. The number of nitrogens with one attached hydrogen (secondary N) is 1. The molecule has 0 saturated heterocycles. The summed E-state index contributed by atoms with van der Waals surface area (Å²) in [4.78, 5) is 2.82. The van der Waals surface area contributed by atoms with Gasteiger partial charge in [0.1, 0.15) is 5.82 Å². The molecule has 2 aromatic rings. The first-order valence-corrected chi connectivity index (χ1v) is 7.09. The van der Waals surface area contributed by atoms with Gasteiger partial charge in [0, 0.05) is 11.1 Å². The van der Waals surface area contributed by atoms with Crippen LogP contribution in [0.2, 0.25) is 0 Å². The minimum Gasteiger partial charge on any atom is -0.355 e. The minimum atomic E-state index is -3.17. The van der Waals surface area contributed by atoms with Crippen molar-refractivity contribution in [3.8, 4) is 0 Å². The molecule has 0 saturated carbocycles. The maximum Gasteiger partial charge on any atom is 0.158 e. The highest BCUT2D eigenvalue weighted by atomic mass is 32.2. The Bertz CT molecular complexity index is 644. The maximum absolute atomic E-state index is 13.4. The number of H-pyrrole nitrogens is 1. The third kappa shape index (κ3) is 2.34. The van der Waals surface area contributed by atoms with E-state index in [0.717, 1.165) is 0 Å². The molecule has 0 aliphatic rings. The van der Waals surface area contributed by atoms with Crippen molar-refractivity contribution in [2.24, 2.45) is 0 Å². The number of fused-ring (bicyclic) bond motifs is 1. The molecule has 0 fully saturated rings. The summed E-state index contributed by atoms with van der Waals surface area (Å²) in [6.07, 6.45) is 0. The van der Waals surface area contributed by atoms with Crippen molar-refractivity contribution < 1.29 is 12.8 Å². The minimum absolute atomic E-state index is 0.0845. The van der Waals surface area contributed by atoms with E-state index in [2.05, 4.69) is 4.98 Å². The predicted molar refractivity (Wildman–Crippen MR) is 66.0 cm³/mol. The molecule has 0 amide bonds. The Labute approximate surface area is 99.6 Å². The molecule has 0 atom stereocenters. The van der Waals surface area contributed by atoms with E-state index < -0.39 is 15.1 Å². The molecule has 1 N–H and O–H groups in total. The smallest absolute Gasteiger partial charge is 0.158 e. The third-order valence-corrected chi connectivity index (χ3v) is 4.89. The Morgan fingerprint density at radius 3 is 2.65 bits per heavy atom. The van der Waals surface area contributed by atoms with Crippen molar-refractivity contribution in [2.45, 2.75) is 24.9 Å². The van der Waals surface area contributed by atoms with Gasteiger partial charge in [0.25, 0.3) is 0 Å². The van der Waals surface area contributed by atoms with E-state index in [1.165, 1.54) is 6.07 Å². The Morgan fingerprint density at radius 1 is 1.35 bits per heavy atom. The lowest BCUT2D eigenvalue weighted by molar-refractivity contribution is 0.586. The quantitative estimate of drug-likeness (QED) is 0.916. The van der Waals surface area contributed by atoms with Gasteiger partial charge in [-0.3, -0.25) is 0 Å². The lowest BCUT2D eigenvalue weighted by Crippen LogP contribution is -2.16. The molecule has 1 aromatic heterocycles. The summed E-state index contributed by atoms with van der Waals surface area (Å²) < 4.78 is 36.9. The molecule has 1 heterocycles. The zero-order chi connectivity index (χ0) is 12.6. The average Bonchev–Trinajstić information content (AvgIpc) is 2.60. The molecule has 3 nitrogen and oxygen atoms in total. The second-order valence-corrected chi connectivity index (χ2v) is 6.91. The van der Waals surface area contributed by atoms with Gasteiger partial charge in [0.2, 0.25) is 0 Å². The molecule has 17 heavy (non-hydrogen) atoms. The average molecular weight is 255 g/mol. The Balaban J connectivity index is 2.42. The van der Waals surface area contributed by atoms with Gasteiger partial charge in [-0.05, 0) is 26.0 Å². The lowest BCUT2D eigenvalue weighted by atomic mass is 10.2. The van der Waals surface area contributed by atoms with Gasteiger partial charge < -0.3 is 4.98 Å². The zero-order valence-electron chi connectivity index (χ0n) is 9.70. The Hall–Kier alpha value is -1.36. The van der Waals surface area contributed by atoms with Crippen LogP contribution in [0, 0.1) is 5.82 Å². The highest BCUT2D eigenvalue weighted by molar-refractivity contribution is 7.91. The molecular weight excluding hydrogens is 241 g/mol. The van der Waals surface area contributed by atoms with Crippen LogP contribution in [-0.2, 0) is 15.6 Å². The fraction of sp³-hybridized carbons (Fsp3) is 0.333. The van der Waals surface area contributed by atoms with Crippen LogP contribution in [-0.4, -0.2) is 18.7 Å². The third-order valence-electron chi connectivity index (χ3n) is 2.74. The molecule has 0 bridgehead atoms. The number of benzene rings is 1. The summed E-state index contributed by atoms with van der Waals surface area (Å²) in [5, 5.41) is 0.262. The summed E-state index contributed by atoms with van der Waals surface area (Å²) in [6.45, 7) is 3.27. The second-order valence-electron chi connectivity index (χ2n) is 4.35. The number of para-hydroxylation sites is 1. The van der Waals surface area contributed by atoms with Crippen LogP contribution in [0.25, 0.3) is 10.9 Å². The van der Waals surface area contributed by atoms with Crippen LogP contribution in [0.15, 0.2) is 24.3 Å². The van der Waals surface area contributed by atoms with Crippen LogP contribution in [0.3, 0.4) is 0 Å². The normalized spacial score (nSPS) is 12.5. The van der Waals surface area contributed by atoms with Gasteiger partial charge in [0.05, 0.1) is 16.5 Å². The van der Waals surface area contributed by atoms with Crippen molar-refractivity contribution in [1.29, 1.82) is 0 Å². The topological polar surface area (TPSA) is 49.9 Å². The van der Waals surface area contributed by atoms with E-state index in [-0.39, 0.29) is 11.6 Å². The van der Waals surface area contributed by atoms with E-state index in [0.29, 0.717) is 16.6 Å². The lowest BCUT2D eigenvalue weighted by Gasteiger charge is -2.05. The monoisotopic (exact) mass is 255 g/mol. The molecule has 0 spiro atoms. The molecule has 5 heteroatoms. The van der Waals surface area contributed by atoms with Gasteiger partial charge in [-0.15, -0.1) is 0 Å². The largest absolute Gasteiger partial charge is 0.355 e. The SMILES string of the molecule is CC(C)S(=O)(=O)Cc1cc2cccc(F)c2[nH]1. The van der Waals surface area contributed by atoms with Gasteiger partial charge in [0.15, 0.2) is 9.84 Å².